The zero-order chi connectivity index (χ0) is 10.2. The minimum Gasteiger partial charge on any atom is -0.324 e. The summed E-state index contributed by atoms with van der Waals surface area (Å²) in [4.78, 5) is 10.7. The highest BCUT2D eigenvalue weighted by atomic mass is 16.6. The number of nitrogens with zero attached hydrogens (tertiary/aromatic N) is 2. The second-order valence-corrected chi connectivity index (χ2v) is 2.89. The maximum Gasteiger partial charge on any atom is 0.221 e. The minimum absolute atomic E-state index is 0.241. The molecular weight excluding hydrogens is 174 g/mol. The summed E-state index contributed by atoms with van der Waals surface area (Å²) in [5.41, 5.74) is 11.5. The number of amides is 1. The van der Waals surface area contributed by atoms with Crippen molar-refractivity contribution in [2.24, 2.45) is 11.5 Å². The number of carbonyl (C=O) groups is 1. The van der Waals surface area contributed by atoms with Crippen LogP contribution in [0.15, 0.2) is 11.9 Å². The Hall–Kier alpha value is -1.15. The van der Waals surface area contributed by atoms with Crippen molar-refractivity contribution in [2.45, 2.75) is 12.7 Å². The number of hydrogen-bond acceptors (Lipinski definition) is 6. The molecule has 74 valence electrons. The number of carbonyl (C=O) groups excluding carboxylic acids is 1. The van der Waals surface area contributed by atoms with E-state index in [0.29, 0.717) is 5.17 Å². The molecule has 7 heteroatoms. The molecule has 7 nitrogen and oxygen atoms in total. The number of likely N-dealkylation sites (N-methyl/N-ethyl adjacent to an activating group) is 1. The van der Waals surface area contributed by atoms with E-state index in [-0.39, 0.29) is 11.6 Å². The third-order valence-corrected chi connectivity index (χ3v) is 1.83. The first-order valence-corrected chi connectivity index (χ1v) is 3.65. The lowest BCUT2D eigenvalue weighted by atomic mass is 10.3. The van der Waals surface area contributed by atoms with Gasteiger partial charge >= 0.3 is 0 Å². The smallest absolute Gasteiger partial charge is 0.221 e. The van der Waals surface area contributed by atoms with Gasteiger partial charge in [0.1, 0.15) is 0 Å². The Balaban J connectivity index is 2.85. The highest BCUT2D eigenvalue weighted by Crippen LogP contribution is 2.19. The topological polar surface area (TPSA) is 108 Å². The first-order valence-electron chi connectivity index (χ1n) is 3.65. The molecule has 0 aromatic rings. The van der Waals surface area contributed by atoms with E-state index in [1.807, 2.05) is 0 Å². The standard InChI is InChI=1S/C6H13N5O2/c1-4(12)9-5-3-11(13)10(2)6(5,7)8/h3,13H,7-8H2,1-2H3,(H,9,12). The Morgan fingerprint density at radius 2 is 2.23 bits per heavy atom. The lowest BCUT2D eigenvalue weighted by Gasteiger charge is -2.31. The van der Waals surface area contributed by atoms with Crippen molar-refractivity contribution >= 4 is 5.91 Å². The number of nitrogens with one attached hydrogen (secondary N) is 1. The van der Waals surface area contributed by atoms with Crippen molar-refractivity contribution in [3.8, 4) is 0 Å². The van der Waals surface area contributed by atoms with Crippen LogP contribution in [0.3, 0.4) is 0 Å². The average Bonchev–Trinajstić information content (AvgIpc) is 2.15. The predicted octanol–water partition coefficient (Wildman–Crippen LogP) is -1.91. The zero-order valence-electron chi connectivity index (χ0n) is 7.48. The fourth-order valence-electron chi connectivity index (χ4n) is 0.971. The van der Waals surface area contributed by atoms with Gasteiger partial charge in [-0.05, 0) is 0 Å². The van der Waals surface area contributed by atoms with Crippen molar-refractivity contribution < 1.29 is 10.0 Å². The Morgan fingerprint density at radius 3 is 2.54 bits per heavy atom. The number of rotatable bonds is 1. The molecule has 1 aliphatic heterocycles. The van der Waals surface area contributed by atoms with Gasteiger partial charge in [0.25, 0.3) is 0 Å². The Labute approximate surface area is 75.5 Å². The second-order valence-electron chi connectivity index (χ2n) is 2.89. The molecule has 6 N–H and O–H groups in total. The minimum atomic E-state index is -1.39. The van der Waals surface area contributed by atoms with Gasteiger partial charge in [0.15, 0.2) is 5.79 Å². The number of hydroxylamine groups is 1. The summed E-state index contributed by atoms with van der Waals surface area (Å²) in [6.45, 7) is 1.33. The molecule has 0 saturated carbocycles. The summed E-state index contributed by atoms with van der Waals surface area (Å²) in [5.74, 6) is -1.68. The molecule has 0 aromatic carbocycles. The molecule has 0 saturated heterocycles. The van der Waals surface area contributed by atoms with E-state index in [1.54, 1.807) is 0 Å². The third kappa shape index (κ3) is 1.63. The molecule has 1 heterocycles. The van der Waals surface area contributed by atoms with Crippen LogP contribution in [-0.4, -0.2) is 34.1 Å². The molecule has 1 amide bonds. The maximum atomic E-state index is 10.7. The van der Waals surface area contributed by atoms with Crippen LogP contribution in [0.1, 0.15) is 6.92 Å². The fourth-order valence-corrected chi connectivity index (χ4v) is 0.971. The van der Waals surface area contributed by atoms with Gasteiger partial charge in [0, 0.05) is 14.0 Å². The summed E-state index contributed by atoms with van der Waals surface area (Å²) >= 11 is 0. The lowest BCUT2D eigenvalue weighted by Crippen LogP contribution is -2.64. The summed E-state index contributed by atoms with van der Waals surface area (Å²) in [7, 11) is 1.49. The van der Waals surface area contributed by atoms with Crippen LogP contribution in [0.25, 0.3) is 0 Å². The SMILES string of the molecule is CC(=O)NC1=CN(O)N(C)C1(N)N. The van der Waals surface area contributed by atoms with Crippen molar-refractivity contribution in [1.82, 2.24) is 15.5 Å². The van der Waals surface area contributed by atoms with Gasteiger partial charge in [-0.15, -0.1) is 0 Å². The van der Waals surface area contributed by atoms with Gasteiger partial charge in [0.05, 0.1) is 11.9 Å². The Morgan fingerprint density at radius 1 is 1.69 bits per heavy atom. The summed E-state index contributed by atoms with van der Waals surface area (Å²) in [6, 6.07) is 0. The lowest BCUT2D eigenvalue weighted by molar-refractivity contribution is -0.211. The van der Waals surface area contributed by atoms with Crippen molar-refractivity contribution in [1.29, 1.82) is 0 Å². The van der Waals surface area contributed by atoms with E-state index < -0.39 is 5.79 Å². The first-order chi connectivity index (χ1) is 5.85. The molecule has 0 atom stereocenters. The molecule has 0 fully saturated rings. The Kier molecular flexibility index (Phi) is 2.26. The van der Waals surface area contributed by atoms with Gasteiger partial charge in [0.2, 0.25) is 5.91 Å². The Bertz CT molecular complexity index is 262. The monoisotopic (exact) mass is 187 g/mol. The van der Waals surface area contributed by atoms with E-state index in [2.05, 4.69) is 5.32 Å². The van der Waals surface area contributed by atoms with E-state index in [0.717, 1.165) is 0 Å². The number of hydrogen-bond donors (Lipinski definition) is 4. The van der Waals surface area contributed by atoms with Crippen LogP contribution in [0, 0.1) is 0 Å². The molecule has 0 spiro atoms. The van der Waals surface area contributed by atoms with Crippen LogP contribution in [0.4, 0.5) is 0 Å². The molecule has 0 unspecified atom stereocenters. The average molecular weight is 187 g/mol. The van der Waals surface area contributed by atoms with Gasteiger partial charge in [-0.3, -0.25) is 21.5 Å². The maximum absolute atomic E-state index is 10.7. The van der Waals surface area contributed by atoms with Gasteiger partial charge in [-0.2, -0.15) is 10.2 Å². The molecule has 0 aliphatic carbocycles. The molecule has 13 heavy (non-hydrogen) atoms. The van der Waals surface area contributed by atoms with Crippen molar-refractivity contribution in [2.75, 3.05) is 7.05 Å². The quantitative estimate of drug-likeness (QED) is 0.357. The van der Waals surface area contributed by atoms with Gasteiger partial charge in [-0.25, -0.2) is 0 Å². The van der Waals surface area contributed by atoms with E-state index in [1.165, 1.54) is 25.2 Å². The zero-order valence-corrected chi connectivity index (χ0v) is 7.48. The molecule has 0 bridgehead atoms. The largest absolute Gasteiger partial charge is 0.324 e. The van der Waals surface area contributed by atoms with Crippen LogP contribution in [0.2, 0.25) is 0 Å². The van der Waals surface area contributed by atoms with Crippen LogP contribution in [0.5, 0.6) is 0 Å². The summed E-state index contributed by atoms with van der Waals surface area (Å²) < 4.78 is 0. The summed E-state index contributed by atoms with van der Waals surface area (Å²) in [6.07, 6.45) is 1.24. The number of nitrogens with two attached hydrogens (primary N) is 2. The van der Waals surface area contributed by atoms with Crippen LogP contribution >= 0.6 is 0 Å². The molecule has 1 aliphatic rings. The first kappa shape index (κ1) is 9.93. The van der Waals surface area contributed by atoms with Crippen molar-refractivity contribution in [3.05, 3.63) is 11.9 Å². The number of hydrazine groups is 1. The fraction of sp³-hybridized carbons (Fsp3) is 0.500. The molecule has 1 rings (SSSR count). The van der Waals surface area contributed by atoms with Gasteiger partial charge in [-0.1, -0.05) is 0 Å². The predicted molar refractivity (Wildman–Crippen MR) is 44.4 cm³/mol. The normalized spacial score (nSPS) is 21.6. The summed E-state index contributed by atoms with van der Waals surface area (Å²) in [5, 5.41) is 13.5. The van der Waals surface area contributed by atoms with Crippen LogP contribution < -0.4 is 16.8 Å². The van der Waals surface area contributed by atoms with Gasteiger partial charge < -0.3 is 5.32 Å². The highest BCUT2D eigenvalue weighted by Gasteiger charge is 2.39. The molecular formula is C6H13N5O2. The highest BCUT2D eigenvalue weighted by molar-refractivity contribution is 5.75. The van der Waals surface area contributed by atoms with E-state index in [9.17, 15) is 10.0 Å². The van der Waals surface area contributed by atoms with E-state index >= 15 is 0 Å². The second kappa shape index (κ2) is 2.96. The third-order valence-electron chi connectivity index (χ3n) is 1.83. The molecule has 0 aromatic heterocycles. The molecule has 0 radical (unpaired) electrons. The van der Waals surface area contributed by atoms with Crippen LogP contribution in [-0.2, 0) is 4.79 Å². The van der Waals surface area contributed by atoms with Crippen molar-refractivity contribution in [3.63, 3.8) is 0 Å². The van der Waals surface area contributed by atoms with E-state index in [4.69, 9.17) is 11.5 Å².